The minimum atomic E-state index is -0.817. The number of pyridine rings is 1. The van der Waals surface area contributed by atoms with Crippen LogP contribution in [-0.4, -0.2) is 9.49 Å². The third-order valence-electron chi connectivity index (χ3n) is 3.28. The van der Waals surface area contributed by atoms with Gasteiger partial charge in [0.25, 0.3) is 11.2 Å². The maximum Gasteiger partial charge on any atom is 0.272 e. The third kappa shape index (κ3) is 2.37. The highest BCUT2D eigenvalue weighted by Crippen LogP contribution is 2.22. The Kier molecular flexibility index (Phi) is 3.65. The highest BCUT2D eigenvalue weighted by atomic mass is 127. The zero-order valence-electron chi connectivity index (χ0n) is 11.0. The molecule has 0 N–H and O–H groups in total. The molecule has 0 aliphatic heterocycles. The second-order valence-corrected chi connectivity index (χ2v) is 5.75. The van der Waals surface area contributed by atoms with Crippen LogP contribution in [-0.2, 0) is 0 Å². The molecule has 0 atom stereocenters. The highest BCUT2D eigenvalue weighted by molar-refractivity contribution is 14.1. The second kappa shape index (κ2) is 5.48. The van der Waals surface area contributed by atoms with Crippen molar-refractivity contribution >= 4 is 39.1 Å². The fraction of sp³-hybridized carbons (Fsp3) is 0. The van der Waals surface area contributed by atoms with Gasteiger partial charge in [-0.3, -0.25) is 19.5 Å². The van der Waals surface area contributed by atoms with Crippen molar-refractivity contribution in [3.8, 4) is 5.69 Å². The second-order valence-electron chi connectivity index (χ2n) is 4.59. The van der Waals surface area contributed by atoms with Crippen molar-refractivity contribution in [3.05, 3.63) is 78.5 Å². The molecule has 0 spiro atoms. The molecule has 0 unspecified atom stereocenters. The lowest BCUT2D eigenvalue weighted by molar-refractivity contribution is -0.385. The van der Waals surface area contributed by atoms with Crippen molar-refractivity contribution < 1.29 is 9.31 Å². The molecular weight excluding hydrogens is 402 g/mol. The first kappa shape index (κ1) is 14.6. The molecule has 0 fully saturated rings. The van der Waals surface area contributed by atoms with Crippen LogP contribution in [0.3, 0.4) is 0 Å². The Balaban J connectivity index is 2.29. The van der Waals surface area contributed by atoms with E-state index in [1.54, 1.807) is 12.1 Å². The number of nitro groups is 1. The monoisotopic (exact) mass is 410 g/mol. The van der Waals surface area contributed by atoms with E-state index in [1.807, 2.05) is 12.1 Å². The average Bonchev–Trinajstić information content (AvgIpc) is 2.51. The van der Waals surface area contributed by atoms with Crippen molar-refractivity contribution in [1.29, 1.82) is 0 Å². The number of non-ortho nitro benzene ring substituents is 1. The number of nitrogens with zero attached hydrogens (tertiary/aromatic N) is 2. The number of rotatable bonds is 2. The Labute approximate surface area is 137 Å². The maximum atomic E-state index is 14.1. The van der Waals surface area contributed by atoms with Crippen LogP contribution in [0.5, 0.6) is 0 Å². The van der Waals surface area contributed by atoms with Crippen LogP contribution in [0.1, 0.15) is 0 Å². The molecule has 0 saturated heterocycles. The van der Waals surface area contributed by atoms with Crippen LogP contribution in [0.25, 0.3) is 16.5 Å². The molecule has 3 rings (SSSR count). The SMILES string of the molecule is O=c1c2ccccc2c(I)cn1-c1ccc([N+](=O)[O-])cc1F. The lowest BCUT2D eigenvalue weighted by atomic mass is 10.1. The van der Waals surface area contributed by atoms with E-state index >= 15 is 0 Å². The minimum Gasteiger partial charge on any atom is -0.280 e. The average molecular weight is 410 g/mol. The summed E-state index contributed by atoms with van der Waals surface area (Å²) in [6, 6.07) is 10.3. The number of fused-ring (bicyclic) bond motifs is 1. The molecule has 110 valence electrons. The largest absolute Gasteiger partial charge is 0.280 e. The number of aromatic nitrogens is 1. The molecule has 0 amide bonds. The van der Waals surface area contributed by atoms with Crippen molar-refractivity contribution in [2.45, 2.75) is 0 Å². The Hall–Kier alpha value is -2.29. The van der Waals surface area contributed by atoms with Crippen LogP contribution < -0.4 is 5.56 Å². The Morgan fingerprint density at radius 3 is 2.45 bits per heavy atom. The van der Waals surface area contributed by atoms with E-state index in [-0.39, 0.29) is 16.9 Å². The number of hydrogen-bond donors (Lipinski definition) is 0. The Morgan fingerprint density at radius 2 is 1.82 bits per heavy atom. The summed E-state index contributed by atoms with van der Waals surface area (Å²) in [6.45, 7) is 0. The number of halogens is 2. The van der Waals surface area contributed by atoms with Gasteiger partial charge in [0, 0.05) is 26.6 Å². The normalized spacial score (nSPS) is 10.8. The zero-order chi connectivity index (χ0) is 15.9. The summed E-state index contributed by atoms with van der Waals surface area (Å²) in [7, 11) is 0. The summed E-state index contributed by atoms with van der Waals surface area (Å²) in [6.07, 6.45) is 1.52. The Morgan fingerprint density at radius 1 is 1.14 bits per heavy atom. The molecule has 5 nitrogen and oxygen atoms in total. The predicted octanol–water partition coefficient (Wildman–Crippen LogP) is 3.64. The van der Waals surface area contributed by atoms with E-state index in [2.05, 4.69) is 22.6 Å². The van der Waals surface area contributed by atoms with Crippen molar-refractivity contribution in [3.63, 3.8) is 0 Å². The molecule has 7 heteroatoms. The van der Waals surface area contributed by atoms with Gasteiger partial charge >= 0.3 is 0 Å². The van der Waals surface area contributed by atoms with Gasteiger partial charge in [-0.1, -0.05) is 18.2 Å². The summed E-state index contributed by atoms with van der Waals surface area (Å²) >= 11 is 2.07. The van der Waals surface area contributed by atoms with Gasteiger partial charge < -0.3 is 0 Å². The number of benzene rings is 2. The fourth-order valence-electron chi connectivity index (χ4n) is 2.23. The van der Waals surface area contributed by atoms with Gasteiger partial charge in [-0.05, 0) is 34.7 Å². The lowest BCUT2D eigenvalue weighted by Gasteiger charge is -2.10. The summed E-state index contributed by atoms with van der Waals surface area (Å²) in [5.41, 5.74) is -0.743. The fourth-order valence-corrected chi connectivity index (χ4v) is 2.98. The third-order valence-corrected chi connectivity index (χ3v) is 4.14. The van der Waals surface area contributed by atoms with Gasteiger partial charge in [0.15, 0.2) is 5.82 Å². The van der Waals surface area contributed by atoms with E-state index in [0.717, 1.165) is 15.0 Å². The number of hydrogen-bond acceptors (Lipinski definition) is 3. The number of nitro benzene ring substituents is 1. The molecule has 1 aromatic heterocycles. The highest BCUT2D eigenvalue weighted by Gasteiger charge is 2.15. The molecule has 0 saturated carbocycles. The van der Waals surface area contributed by atoms with Crippen LogP contribution in [0.2, 0.25) is 0 Å². The quantitative estimate of drug-likeness (QED) is 0.368. The van der Waals surface area contributed by atoms with E-state index in [4.69, 9.17) is 0 Å². The molecule has 2 aromatic carbocycles. The maximum absolute atomic E-state index is 14.1. The van der Waals surface area contributed by atoms with Crippen molar-refractivity contribution in [1.82, 2.24) is 4.57 Å². The predicted molar refractivity (Wildman–Crippen MR) is 88.9 cm³/mol. The molecule has 1 heterocycles. The summed E-state index contributed by atoms with van der Waals surface area (Å²) in [5, 5.41) is 11.9. The molecule has 0 aliphatic rings. The van der Waals surface area contributed by atoms with Gasteiger partial charge in [0.1, 0.15) is 0 Å². The van der Waals surface area contributed by atoms with Crippen LogP contribution in [0, 0.1) is 19.5 Å². The van der Waals surface area contributed by atoms with Crippen LogP contribution >= 0.6 is 22.6 Å². The first-order valence-electron chi connectivity index (χ1n) is 6.23. The smallest absolute Gasteiger partial charge is 0.272 e. The summed E-state index contributed by atoms with van der Waals surface area (Å²) in [5.74, 6) is -0.817. The summed E-state index contributed by atoms with van der Waals surface area (Å²) in [4.78, 5) is 22.5. The van der Waals surface area contributed by atoms with E-state index < -0.39 is 10.7 Å². The molecule has 0 bridgehead atoms. The van der Waals surface area contributed by atoms with Gasteiger partial charge in [-0.25, -0.2) is 4.39 Å². The van der Waals surface area contributed by atoms with Gasteiger partial charge in [0.2, 0.25) is 0 Å². The van der Waals surface area contributed by atoms with Crippen LogP contribution in [0.4, 0.5) is 10.1 Å². The van der Waals surface area contributed by atoms with Gasteiger partial charge in [0.05, 0.1) is 16.7 Å². The van der Waals surface area contributed by atoms with E-state index in [9.17, 15) is 19.3 Å². The molecule has 0 aliphatic carbocycles. The van der Waals surface area contributed by atoms with Crippen LogP contribution in [0.15, 0.2) is 53.5 Å². The zero-order valence-corrected chi connectivity index (χ0v) is 13.2. The first-order chi connectivity index (χ1) is 10.5. The minimum absolute atomic E-state index is 0.0146. The summed E-state index contributed by atoms with van der Waals surface area (Å²) < 4.78 is 16.1. The molecule has 3 aromatic rings. The lowest BCUT2D eigenvalue weighted by Crippen LogP contribution is -2.19. The molecular formula is C15H8FIN2O3. The van der Waals surface area contributed by atoms with Crippen molar-refractivity contribution in [2.24, 2.45) is 0 Å². The van der Waals surface area contributed by atoms with E-state index in [0.29, 0.717) is 5.39 Å². The Bertz CT molecular complexity index is 969. The van der Waals surface area contributed by atoms with Crippen molar-refractivity contribution in [2.75, 3.05) is 0 Å². The van der Waals surface area contributed by atoms with E-state index in [1.165, 1.54) is 22.9 Å². The van der Waals surface area contributed by atoms with Gasteiger partial charge in [-0.15, -0.1) is 0 Å². The molecule has 0 radical (unpaired) electrons. The van der Waals surface area contributed by atoms with Gasteiger partial charge in [-0.2, -0.15) is 0 Å². The topological polar surface area (TPSA) is 65.1 Å². The standard InChI is InChI=1S/C15H8FIN2O3/c16-12-7-9(19(21)22)5-6-14(12)18-8-13(17)10-3-1-2-4-11(10)15(18)20/h1-8H. The molecule has 22 heavy (non-hydrogen) atoms. The first-order valence-corrected chi connectivity index (χ1v) is 7.31.